The fourth-order valence-corrected chi connectivity index (χ4v) is 2.00. The summed E-state index contributed by atoms with van der Waals surface area (Å²) >= 11 is 0. The van der Waals surface area contributed by atoms with Gasteiger partial charge in [-0.25, -0.2) is 0 Å². The van der Waals surface area contributed by atoms with Gasteiger partial charge in [-0.1, -0.05) is 20.8 Å². The van der Waals surface area contributed by atoms with Gasteiger partial charge in [0.15, 0.2) is 0 Å². The molecule has 100 valence electrons. The topological polar surface area (TPSA) is 49.6 Å². The highest BCUT2D eigenvalue weighted by Gasteiger charge is 2.37. The first kappa shape index (κ1) is 14.5. The van der Waals surface area contributed by atoms with Gasteiger partial charge in [-0.3, -0.25) is 9.69 Å². The SMILES string of the molecule is CN1CCN(C(=O)C(N)C(C)(C)C)CC1(C)C. The van der Waals surface area contributed by atoms with Gasteiger partial charge in [-0.05, 0) is 26.3 Å². The molecule has 1 fully saturated rings. The molecule has 2 N–H and O–H groups in total. The standard InChI is InChI=1S/C13H27N3O/c1-12(2,3)10(14)11(17)16-8-7-15(6)13(4,5)9-16/h10H,7-9,14H2,1-6H3. The Kier molecular flexibility index (Phi) is 3.89. The maximum Gasteiger partial charge on any atom is 0.240 e. The van der Waals surface area contributed by atoms with Crippen LogP contribution in [0.25, 0.3) is 0 Å². The van der Waals surface area contributed by atoms with E-state index in [-0.39, 0.29) is 16.9 Å². The Hall–Kier alpha value is -0.610. The van der Waals surface area contributed by atoms with E-state index in [1.807, 2.05) is 25.7 Å². The van der Waals surface area contributed by atoms with Crippen molar-refractivity contribution in [2.75, 3.05) is 26.7 Å². The molecular weight excluding hydrogens is 214 g/mol. The Morgan fingerprint density at radius 2 is 1.82 bits per heavy atom. The lowest BCUT2D eigenvalue weighted by atomic mass is 9.86. The molecule has 4 heteroatoms. The van der Waals surface area contributed by atoms with Crippen molar-refractivity contribution in [1.29, 1.82) is 0 Å². The van der Waals surface area contributed by atoms with E-state index in [2.05, 4.69) is 25.8 Å². The Bertz CT molecular complexity index is 294. The van der Waals surface area contributed by atoms with Crippen LogP contribution in [0.15, 0.2) is 0 Å². The summed E-state index contributed by atoms with van der Waals surface area (Å²) in [6, 6.07) is -0.415. The number of carbonyl (C=O) groups excluding carboxylic acids is 1. The lowest BCUT2D eigenvalue weighted by Gasteiger charge is -2.46. The van der Waals surface area contributed by atoms with Crippen molar-refractivity contribution in [3.05, 3.63) is 0 Å². The number of hydrogen-bond donors (Lipinski definition) is 1. The Labute approximate surface area is 105 Å². The number of nitrogens with two attached hydrogens (primary N) is 1. The van der Waals surface area contributed by atoms with E-state index in [9.17, 15) is 4.79 Å². The maximum atomic E-state index is 12.3. The van der Waals surface area contributed by atoms with E-state index in [1.54, 1.807) is 0 Å². The molecule has 1 rings (SSSR count). The second-order valence-electron chi connectivity index (χ2n) is 6.84. The van der Waals surface area contributed by atoms with Crippen LogP contribution in [0.3, 0.4) is 0 Å². The molecule has 0 aliphatic carbocycles. The molecular formula is C13H27N3O. The van der Waals surface area contributed by atoms with E-state index in [4.69, 9.17) is 5.73 Å². The van der Waals surface area contributed by atoms with Gasteiger partial charge in [-0.15, -0.1) is 0 Å². The van der Waals surface area contributed by atoms with E-state index in [0.29, 0.717) is 0 Å². The molecule has 0 aromatic rings. The first-order valence-electron chi connectivity index (χ1n) is 6.31. The van der Waals surface area contributed by atoms with E-state index >= 15 is 0 Å². The van der Waals surface area contributed by atoms with Gasteiger partial charge in [0, 0.05) is 25.2 Å². The van der Waals surface area contributed by atoms with Crippen LogP contribution in [-0.4, -0.2) is 54.0 Å². The minimum Gasteiger partial charge on any atom is -0.338 e. The Morgan fingerprint density at radius 1 is 1.29 bits per heavy atom. The fourth-order valence-electron chi connectivity index (χ4n) is 2.00. The number of hydrogen-bond acceptors (Lipinski definition) is 3. The van der Waals surface area contributed by atoms with Crippen LogP contribution in [0.2, 0.25) is 0 Å². The summed E-state index contributed by atoms with van der Waals surface area (Å²) in [5.41, 5.74) is 5.90. The van der Waals surface area contributed by atoms with E-state index < -0.39 is 6.04 Å². The highest BCUT2D eigenvalue weighted by molar-refractivity contribution is 5.82. The molecule has 1 atom stereocenters. The maximum absolute atomic E-state index is 12.3. The number of amides is 1. The monoisotopic (exact) mass is 241 g/mol. The second-order valence-corrected chi connectivity index (χ2v) is 6.84. The molecule has 0 aromatic carbocycles. The zero-order valence-electron chi connectivity index (χ0n) is 12.1. The molecule has 4 nitrogen and oxygen atoms in total. The molecule has 0 aromatic heterocycles. The minimum atomic E-state index is -0.415. The van der Waals surface area contributed by atoms with Crippen LogP contribution in [0.1, 0.15) is 34.6 Å². The summed E-state index contributed by atoms with van der Waals surface area (Å²) in [5.74, 6) is 0.0821. The highest BCUT2D eigenvalue weighted by Crippen LogP contribution is 2.23. The van der Waals surface area contributed by atoms with Gasteiger partial charge in [0.1, 0.15) is 0 Å². The molecule has 0 spiro atoms. The van der Waals surface area contributed by atoms with E-state index in [0.717, 1.165) is 19.6 Å². The molecule has 1 aliphatic heterocycles. The molecule has 1 unspecified atom stereocenters. The summed E-state index contributed by atoms with van der Waals surface area (Å²) in [7, 11) is 2.10. The third-order valence-electron chi connectivity index (χ3n) is 3.83. The number of piperazine rings is 1. The van der Waals surface area contributed by atoms with Crippen LogP contribution < -0.4 is 5.73 Å². The fraction of sp³-hybridized carbons (Fsp3) is 0.923. The number of likely N-dealkylation sites (N-methyl/N-ethyl adjacent to an activating group) is 1. The molecule has 1 amide bonds. The largest absolute Gasteiger partial charge is 0.338 e. The van der Waals surface area contributed by atoms with Gasteiger partial charge in [-0.2, -0.15) is 0 Å². The van der Waals surface area contributed by atoms with Crippen molar-refractivity contribution in [2.24, 2.45) is 11.1 Å². The smallest absolute Gasteiger partial charge is 0.240 e. The van der Waals surface area contributed by atoms with Crippen LogP contribution in [0.4, 0.5) is 0 Å². The quantitative estimate of drug-likeness (QED) is 0.742. The molecule has 0 saturated carbocycles. The lowest BCUT2D eigenvalue weighted by Crippen LogP contribution is -2.62. The predicted octanol–water partition coefficient (Wildman–Crippen LogP) is 0.912. The van der Waals surface area contributed by atoms with Gasteiger partial charge in [0.25, 0.3) is 0 Å². The minimum absolute atomic E-state index is 0.0332. The predicted molar refractivity (Wildman–Crippen MR) is 70.7 cm³/mol. The zero-order chi connectivity index (χ0) is 13.4. The van der Waals surface area contributed by atoms with Gasteiger partial charge >= 0.3 is 0 Å². The molecule has 0 bridgehead atoms. The first-order valence-corrected chi connectivity index (χ1v) is 6.31. The van der Waals surface area contributed by atoms with Crippen molar-refractivity contribution in [1.82, 2.24) is 9.80 Å². The van der Waals surface area contributed by atoms with Crippen LogP contribution >= 0.6 is 0 Å². The molecule has 1 saturated heterocycles. The van der Waals surface area contributed by atoms with Crippen molar-refractivity contribution in [2.45, 2.75) is 46.2 Å². The van der Waals surface area contributed by atoms with Crippen molar-refractivity contribution >= 4 is 5.91 Å². The third-order valence-corrected chi connectivity index (χ3v) is 3.83. The van der Waals surface area contributed by atoms with Gasteiger partial charge in [0.2, 0.25) is 5.91 Å². The molecule has 1 aliphatic rings. The Morgan fingerprint density at radius 3 is 2.24 bits per heavy atom. The van der Waals surface area contributed by atoms with Crippen molar-refractivity contribution in [3.63, 3.8) is 0 Å². The van der Waals surface area contributed by atoms with Crippen LogP contribution in [0, 0.1) is 5.41 Å². The normalized spacial score (nSPS) is 23.6. The van der Waals surface area contributed by atoms with Gasteiger partial charge in [0.05, 0.1) is 6.04 Å². The first-order chi connectivity index (χ1) is 7.55. The summed E-state index contributed by atoms with van der Waals surface area (Å²) in [6.07, 6.45) is 0. The molecule has 17 heavy (non-hydrogen) atoms. The van der Waals surface area contributed by atoms with E-state index in [1.165, 1.54) is 0 Å². The highest BCUT2D eigenvalue weighted by atomic mass is 16.2. The average Bonchev–Trinajstić information content (AvgIpc) is 2.18. The Balaban J connectivity index is 2.73. The van der Waals surface area contributed by atoms with Crippen LogP contribution in [0.5, 0.6) is 0 Å². The number of rotatable bonds is 1. The summed E-state index contributed by atoms with van der Waals surface area (Å²) in [5, 5.41) is 0. The van der Waals surface area contributed by atoms with Crippen molar-refractivity contribution < 1.29 is 4.79 Å². The number of carbonyl (C=O) groups is 1. The third kappa shape index (κ3) is 3.19. The second kappa shape index (κ2) is 4.58. The average molecular weight is 241 g/mol. The zero-order valence-corrected chi connectivity index (χ0v) is 12.1. The summed E-state index contributed by atoms with van der Waals surface area (Å²) in [6.45, 7) is 12.8. The van der Waals surface area contributed by atoms with Gasteiger partial charge < -0.3 is 10.6 Å². The summed E-state index contributed by atoms with van der Waals surface area (Å²) in [4.78, 5) is 16.5. The lowest BCUT2D eigenvalue weighted by molar-refractivity contribution is -0.139. The molecule has 0 radical (unpaired) electrons. The van der Waals surface area contributed by atoms with Crippen molar-refractivity contribution in [3.8, 4) is 0 Å². The van der Waals surface area contributed by atoms with Crippen LogP contribution in [-0.2, 0) is 4.79 Å². The molecule has 1 heterocycles. The number of nitrogens with zero attached hydrogens (tertiary/aromatic N) is 2. The summed E-state index contributed by atoms with van der Waals surface area (Å²) < 4.78 is 0.